The van der Waals surface area contributed by atoms with E-state index in [0.29, 0.717) is 6.10 Å². The number of rotatable bonds is 13. The molecule has 1 aliphatic rings. The average Bonchev–Trinajstić information content (AvgIpc) is 2.55. The fraction of sp³-hybridized carbons (Fsp3) is 0.895. The number of carbonyl (C=O) groups excluding carboxylic acids is 1. The van der Waals surface area contributed by atoms with Crippen molar-refractivity contribution in [3.05, 3.63) is 6.42 Å². The highest BCUT2D eigenvalue weighted by atomic mass is 80.0. The molecule has 0 aromatic rings. The summed E-state index contributed by atoms with van der Waals surface area (Å²) in [6.45, 7) is 0.946. The van der Waals surface area contributed by atoms with Gasteiger partial charge in [-0.15, -0.1) is 0 Å². The minimum absolute atomic E-state index is 0.153. The van der Waals surface area contributed by atoms with E-state index in [0.717, 1.165) is 19.4 Å². The Kier molecular flexibility index (Phi) is 13.6. The molecule has 0 aromatic heterocycles. The van der Waals surface area contributed by atoms with Crippen molar-refractivity contribution >= 4 is 54.1 Å². The van der Waals surface area contributed by atoms with E-state index in [2.05, 4.69) is 60.5 Å². The standard InChI is InChI=1S/C19H31Br3O2/c20-19(21,22)17(16-23)12-8-5-3-1-2-4-6-11-15-24-18-13-9-7-10-14-18/h7,17-18H,1-6,8-15H2. The molecule has 1 unspecified atom stereocenters. The van der Waals surface area contributed by atoms with Gasteiger partial charge in [-0.3, -0.25) is 4.79 Å². The molecular formula is C19H31Br3O2. The van der Waals surface area contributed by atoms with E-state index >= 15 is 0 Å². The molecule has 2 nitrogen and oxygen atoms in total. The maximum absolute atomic E-state index is 10.9. The lowest BCUT2D eigenvalue weighted by atomic mass is 9.98. The Balaban J connectivity index is 1.82. The van der Waals surface area contributed by atoms with Crippen molar-refractivity contribution in [1.29, 1.82) is 0 Å². The minimum atomic E-state index is -0.493. The SMILES string of the molecule is O=[C]C(CCCCCCCCCCOC1CC[CH]CC1)C(Br)(Br)Br. The van der Waals surface area contributed by atoms with E-state index in [4.69, 9.17) is 4.74 Å². The number of alkyl halides is 3. The molecule has 1 atom stereocenters. The Hall–Kier alpha value is 1.07. The molecular weight excluding hydrogens is 500 g/mol. The van der Waals surface area contributed by atoms with E-state index in [1.165, 1.54) is 70.6 Å². The van der Waals surface area contributed by atoms with Gasteiger partial charge >= 0.3 is 0 Å². The van der Waals surface area contributed by atoms with Gasteiger partial charge in [-0.25, -0.2) is 0 Å². The molecule has 1 fully saturated rings. The van der Waals surface area contributed by atoms with Crippen molar-refractivity contribution in [3.63, 3.8) is 0 Å². The van der Waals surface area contributed by atoms with Crippen LogP contribution in [-0.4, -0.2) is 21.1 Å². The molecule has 0 N–H and O–H groups in total. The summed E-state index contributed by atoms with van der Waals surface area (Å²) in [7, 11) is 0. The van der Waals surface area contributed by atoms with Crippen molar-refractivity contribution in [1.82, 2.24) is 0 Å². The Morgan fingerprint density at radius 1 is 0.958 bits per heavy atom. The van der Waals surface area contributed by atoms with Gasteiger partial charge in [0.2, 0.25) is 6.29 Å². The van der Waals surface area contributed by atoms with Gasteiger partial charge in [-0.05, 0) is 44.9 Å². The van der Waals surface area contributed by atoms with Gasteiger partial charge in [0.1, 0.15) is 2.14 Å². The summed E-state index contributed by atoms with van der Waals surface area (Å²) in [5.41, 5.74) is 0. The first-order valence-corrected chi connectivity index (χ1v) is 11.8. The molecule has 0 bridgehead atoms. The Morgan fingerprint density at radius 2 is 1.50 bits per heavy atom. The highest BCUT2D eigenvalue weighted by molar-refractivity contribution is 9.39. The second-order valence-corrected chi connectivity index (χ2v) is 13.7. The first kappa shape index (κ1) is 23.1. The van der Waals surface area contributed by atoms with E-state index in [9.17, 15) is 4.79 Å². The Morgan fingerprint density at radius 3 is 2.04 bits per heavy atom. The smallest absolute Gasteiger partial charge is 0.205 e. The monoisotopic (exact) mass is 528 g/mol. The van der Waals surface area contributed by atoms with E-state index in [1.807, 2.05) is 0 Å². The molecule has 0 aromatic carbocycles. The van der Waals surface area contributed by atoms with E-state index < -0.39 is 2.14 Å². The van der Waals surface area contributed by atoms with Crippen molar-refractivity contribution in [2.75, 3.05) is 6.61 Å². The van der Waals surface area contributed by atoms with Crippen molar-refractivity contribution in [3.8, 4) is 0 Å². The van der Waals surface area contributed by atoms with Crippen LogP contribution >= 0.6 is 47.8 Å². The van der Waals surface area contributed by atoms with E-state index in [-0.39, 0.29) is 5.92 Å². The minimum Gasteiger partial charge on any atom is -0.378 e. The van der Waals surface area contributed by atoms with Crippen LogP contribution in [0.2, 0.25) is 0 Å². The molecule has 1 rings (SSSR count). The summed E-state index contributed by atoms with van der Waals surface area (Å²) < 4.78 is 5.45. The maximum Gasteiger partial charge on any atom is 0.205 e. The first-order valence-electron chi connectivity index (χ1n) is 9.41. The molecule has 0 aliphatic heterocycles. The molecule has 0 amide bonds. The quantitative estimate of drug-likeness (QED) is 0.185. The van der Waals surface area contributed by atoms with Crippen LogP contribution in [-0.2, 0) is 9.53 Å². The molecule has 1 saturated carbocycles. The first-order chi connectivity index (χ1) is 11.5. The van der Waals surface area contributed by atoms with Gasteiger partial charge < -0.3 is 4.74 Å². The Labute approximate surface area is 173 Å². The predicted molar refractivity (Wildman–Crippen MR) is 113 cm³/mol. The summed E-state index contributed by atoms with van der Waals surface area (Å²) in [4.78, 5) is 10.9. The number of ether oxygens (including phenoxy) is 1. The molecule has 24 heavy (non-hydrogen) atoms. The third-order valence-electron chi connectivity index (χ3n) is 4.66. The van der Waals surface area contributed by atoms with E-state index in [1.54, 1.807) is 0 Å². The third-order valence-corrected chi connectivity index (χ3v) is 6.32. The number of hydrogen-bond donors (Lipinski definition) is 0. The molecule has 1 aliphatic carbocycles. The van der Waals surface area contributed by atoms with Crippen LogP contribution < -0.4 is 0 Å². The third kappa shape index (κ3) is 11.6. The molecule has 140 valence electrons. The van der Waals surface area contributed by atoms with Crippen LogP contribution in [0.25, 0.3) is 0 Å². The van der Waals surface area contributed by atoms with Gasteiger partial charge in [0.15, 0.2) is 0 Å². The number of unbranched alkanes of at least 4 members (excludes halogenated alkanes) is 7. The summed E-state index contributed by atoms with van der Waals surface area (Å²) in [6.07, 6.45) is 20.8. The van der Waals surface area contributed by atoms with Crippen molar-refractivity contribution in [2.45, 2.75) is 91.7 Å². The van der Waals surface area contributed by atoms with Crippen LogP contribution in [0, 0.1) is 12.3 Å². The lowest BCUT2D eigenvalue weighted by Crippen LogP contribution is -2.18. The van der Waals surface area contributed by atoms with Gasteiger partial charge in [-0.2, -0.15) is 0 Å². The summed E-state index contributed by atoms with van der Waals surface area (Å²) in [6, 6.07) is 0. The zero-order valence-corrected chi connectivity index (χ0v) is 19.3. The van der Waals surface area contributed by atoms with Gasteiger partial charge in [-0.1, -0.05) is 92.7 Å². The highest BCUT2D eigenvalue weighted by Gasteiger charge is 2.30. The number of halogens is 3. The summed E-state index contributed by atoms with van der Waals surface area (Å²) in [5, 5.41) is 0. The topological polar surface area (TPSA) is 26.3 Å². The Bertz CT molecular complexity index is 312. The summed E-state index contributed by atoms with van der Waals surface area (Å²) in [5.74, 6) is -0.153. The summed E-state index contributed by atoms with van der Waals surface area (Å²) >= 11 is 10.2. The largest absolute Gasteiger partial charge is 0.378 e. The van der Waals surface area contributed by atoms with Crippen molar-refractivity contribution in [2.24, 2.45) is 5.92 Å². The lowest BCUT2D eigenvalue weighted by Gasteiger charge is -2.21. The fourth-order valence-electron chi connectivity index (χ4n) is 3.11. The van der Waals surface area contributed by atoms with Crippen LogP contribution in [0.4, 0.5) is 0 Å². The maximum atomic E-state index is 10.9. The van der Waals surface area contributed by atoms with Crippen LogP contribution in [0.1, 0.15) is 83.5 Å². The van der Waals surface area contributed by atoms with Gasteiger partial charge in [0.05, 0.1) is 12.0 Å². The molecule has 0 heterocycles. The van der Waals surface area contributed by atoms with Gasteiger partial charge in [0.25, 0.3) is 0 Å². The highest BCUT2D eigenvalue weighted by Crippen LogP contribution is 2.42. The average molecular weight is 531 g/mol. The van der Waals surface area contributed by atoms with Crippen molar-refractivity contribution < 1.29 is 9.53 Å². The fourth-order valence-corrected chi connectivity index (χ4v) is 4.08. The lowest BCUT2D eigenvalue weighted by molar-refractivity contribution is 0.0326. The second kappa shape index (κ2) is 14.2. The van der Waals surface area contributed by atoms with Crippen LogP contribution in [0.3, 0.4) is 0 Å². The van der Waals surface area contributed by atoms with Crippen LogP contribution in [0.5, 0.6) is 0 Å². The zero-order chi connectivity index (χ0) is 17.7. The molecule has 5 heteroatoms. The van der Waals surface area contributed by atoms with Gasteiger partial charge in [0, 0.05) is 6.61 Å². The second-order valence-electron chi connectivity index (χ2n) is 6.77. The molecule has 2 radical (unpaired) electrons. The number of hydrogen-bond acceptors (Lipinski definition) is 2. The molecule has 0 spiro atoms. The normalized spacial score (nSPS) is 17.8. The van der Waals surface area contributed by atoms with Crippen LogP contribution in [0.15, 0.2) is 0 Å². The zero-order valence-electron chi connectivity index (χ0n) is 14.6. The molecule has 0 saturated heterocycles. The predicted octanol–water partition coefficient (Wildman–Crippen LogP) is 7.23.